The molecule has 8 nitrogen and oxygen atoms in total. The third kappa shape index (κ3) is 4.46. The Balaban J connectivity index is 1.67. The molecule has 2 aromatic carbocycles. The number of hydrogen-bond donors (Lipinski definition) is 1. The number of sulfonamides is 1. The second-order valence-electron chi connectivity index (χ2n) is 7.08. The average Bonchev–Trinajstić information content (AvgIpc) is 2.89. The number of amides is 1. The Labute approximate surface area is 187 Å². The van der Waals surface area contributed by atoms with E-state index >= 15 is 0 Å². The molecule has 0 saturated heterocycles. The van der Waals surface area contributed by atoms with E-state index < -0.39 is 27.7 Å². The van der Waals surface area contributed by atoms with Gasteiger partial charge in [0.2, 0.25) is 0 Å². The van der Waals surface area contributed by atoms with Gasteiger partial charge in [-0.25, -0.2) is 13.4 Å². The van der Waals surface area contributed by atoms with E-state index in [0.29, 0.717) is 5.69 Å². The number of rotatable bonds is 3. The lowest BCUT2D eigenvalue weighted by Crippen LogP contribution is -2.32. The fourth-order valence-corrected chi connectivity index (χ4v) is 4.90. The number of carbonyl (C=O) groups excluding carboxylic acids is 1. The molecule has 0 atom stereocenters. The number of alkyl halides is 3. The summed E-state index contributed by atoms with van der Waals surface area (Å²) in [5, 5.41) is 2.58. The fourth-order valence-electron chi connectivity index (χ4n) is 3.29. The highest BCUT2D eigenvalue weighted by Gasteiger charge is 2.34. The highest BCUT2D eigenvalue weighted by atomic mass is 32.2. The van der Waals surface area contributed by atoms with Crippen molar-refractivity contribution in [1.82, 2.24) is 9.97 Å². The van der Waals surface area contributed by atoms with Crippen molar-refractivity contribution in [2.24, 2.45) is 0 Å². The highest BCUT2D eigenvalue weighted by Crippen LogP contribution is 2.36. The predicted molar refractivity (Wildman–Crippen MR) is 113 cm³/mol. The van der Waals surface area contributed by atoms with E-state index in [0.717, 1.165) is 28.6 Å². The molecule has 1 amide bonds. The van der Waals surface area contributed by atoms with Crippen molar-refractivity contribution in [2.45, 2.75) is 18.0 Å². The summed E-state index contributed by atoms with van der Waals surface area (Å²) in [6, 6.07) is 7.93. The molecule has 0 saturated carbocycles. The normalized spacial score (nSPS) is 15.2. The Morgan fingerprint density at radius 2 is 1.79 bits per heavy atom. The van der Waals surface area contributed by atoms with Gasteiger partial charge in [0, 0.05) is 18.1 Å². The Morgan fingerprint density at radius 3 is 2.45 bits per heavy atom. The minimum absolute atomic E-state index is 0.0161. The molecule has 4 rings (SSSR count). The summed E-state index contributed by atoms with van der Waals surface area (Å²) in [5.41, 5.74) is -0.180. The van der Waals surface area contributed by atoms with Crippen molar-refractivity contribution in [3.63, 3.8) is 0 Å². The van der Waals surface area contributed by atoms with Crippen molar-refractivity contribution in [3.05, 3.63) is 71.8 Å². The first-order valence-corrected chi connectivity index (χ1v) is 11.1. The van der Waals surface area contributed by atoms with Gasteiger partial charge >= 0.3 is 6.18 Å². The molecular weight excluding hydrogens is 461 g/mol. The molecule has 0 unspecified atom stereocenters. The van der Waals surface area contributed by atoms with Gasteiger partial charge in [0.15, 0.2) is 0 Å². The van der Waals surface area contributed by atoms with Crippen molar-refractivity contribution in [2.75, 3.05) is 22.8 Å². The third-order valence-electron chi connectivity index (χ3n) is 4.90. The molecular formula is C21H17F3N4O4S. The van der Waals surface area contributed by atoms with E-state index in [1.807, 2.05) is 0 Å². The number of aromatic nitrogens is 2. The van der Waals surface area contributed by atoms with Crippen LogP contribution in [0.1, 0.15) is 21.7 Å². The Kier molecular flexibility index (Phi) is 5.70. The van der Waals surface area contributed by atoms with Gasteiger partial charge in [-0.15, -0.1) is 0 Å². The highest BCUT2D eigenvalue weighted by molar-refractivity contribution is 7.93. The Hall–Kier alpha value is -3.67. The minimum Gasteiger partial charge on any atom is -0.490 e. The van der Waals surface area contributed by atoms with E-state index in [-0.39, 0.29) is 40.9 Å². The molecule has 1 aliphatic rings. The maximum Gasteiger partial charge on any atom is 0.416 e. The number of benzene rings is 2. The molecule has 0 fully saturated rings. The predicted octanol–water partition coefficient (Wildman–Crippen LogP) is 3.64. The van der Waals surface area contributed by atoms with Gasteiger partial charge in [-0.1, -0.05) is 0 Å². The average molecular weight is 478 g/mol. The summed E-state index contributed by atoms with van der Waals surface area (Å²) in [6.45, 7) is 1.49. The van der Waals surface area contributed by atoms with Gasteiger partial charge in [0.25, 0.3) is 15.9 Å². The topological polar surface area (TPSA) is 101 Å². The van der Waals surface area contributed by atoms with E-state index in [1.165, 1.54) is 30.6 Å². The molecule has 1 N–H and O–H groups in total. The van der Waals surface area contributed by atoms with Crippen LogP contribution >= 0.6 is 0 Å². The molecule has 172 valence electrons. The van der Waals surface area contributed by atoms with Crippen LogP contribution in [0.2, 0.25) is 0 Å². The standard InChI is InChI=1S/C21H17F3N4O4S/c1-13-19(26-9-8-25-13)20(29)27-15-4-7-17-18(12-15)33(30,31)28(10-11-32-17)16-5-2-14(3-6-16)21(22,23)24/h2-9,12H,10-11H2,1H3,(H,27,29). The molecule has 3 aromatic rings. The molecule has 12 heteroatoms. The van der Waals surface area contributed by atoms with Crippen LogP contribution in [0.15, 0.2) is 59.8 Å². The lowest BCUT2D eigenvalue weighted by atomic mass is 10.2. The number of halogens is 3. The minimum atomic E-state index is -4.54. The molecule has 0 bridgehead atoms. The largest absolute Gasteiger partial charge is 0.490 e. The lowest BCUT2D eigenvalue weighted by Gasteiger charge is -2.22. The van der Waals surface area contributed by atoms with Crippen LogP contribution in [0.25, 0.3) is 0 Å². The van der Waals surface area contributed by atoms with Crippen molar-refractivity contribution in [1.29, 1.82) is 0 Å². The molecule has 0 spiro atoms. The van der Waals surface area contributed by atoms with E-state index in [1.54, 1.807) is 6.92 Å². The maximum atomic E-state index is 13.4. The van der Waals surface area contributed by atoms with E-state index in [4.69, 9.17) is 4.74 Å². The first-order chi connectivity index (χ1) is 15.6. The van der Waals surface area contributed by atoms with Crippen molar-refractivity contribution in [3.8, 4) is 5.75 Å². The SMILES string of the molecule is Cc1nccnc1C(=O)Nc1ccc2c(c1)S(=O)(=O)N(c1ccc(C(F)(F)F)cc1)CCO2. The van der Waals surface area contributed by atoms with Gasteiger partial charge in [0.05, 0.1) is 23.5 Å². The first-order valence-electron chi connectivity index (χ1n) is 9.63. The third-order valence-corrected chi connectivity index (χ3v) is 6.75. The molecule has 0 radical (unpaired) electrons. The van der Waals surface area contributed by atoms with Gasteiger partial charge in [0.1, 0.15) is 22.9 Å². The van der Waals surface area contributed by atoms with Crippen molar-refractivity contribution < 1.29 is 31.1 Å². The monoisotopic (exact) mass is 478 g/mol. The van der Waals surface area contributed by atoms with Crippen LogP contribution < -0.4 is 14.4 Å². The first kappa shape index (κ1) is 22.5. The number of nitrogens with one attached hydrogen (secondary N) is 1. The smallest absolute Gasteiger partial charge is 0.416 e. The maximum absolute atomic E-state index is 13.4. The van der Waals surface area contributed by atoms with Gasteiger partial charge in [-0.05, 0) is 49.4 Å². The number of aryl methyl sites for hydroxylation is 1. The van der Waals surface area contributed by atoms with Gasteiger partial charge in [-0.2, -0.15) is 13.2 Å². The fraction of sp³-hybridized carbons (Fsp3) is 0.190. The van der Waals surface area contributed by atoms with E-state index in [2.05, 4.69) is 15.3 Å². The summed E-state index contributed by atoms with van der Waals surface area (Å²) >= 11 is 0. The van der Waals surface area contributed by atoms with Crippen LogP contribution in [0.4, 0.5) is 24.5 Å². The number of fused-ring (bicyclic) bond motifs is 1. The number of hydrogen-bond acceptors (Lipinski definition) is 6. The Bertz CT molecular complexity index is 1310. The summed E-state index contributed by atoms with van der Waals surface area (Å²) in [6.07, 6.45) is -1.74. The zero-order valence-corrected chi connectivity index (χ0v) is 17.9. The van der Waals surface area contributed by atoms with Gasteiger partial charge in [-0.3, -0.25) is 14.1 Å². The van der Waals surface area contributed by atoms with Crippen LogP contribution in [0.3, 0.4) is 0 Å². The number of nitrogens with zero attached hydrogens (tertiary/aromatic N) is 3. The van der Waals surface area contributed by atoms with Crippen LogP contribution in [0, 0.1) is 6.92 Å². The number of carbonyl (C=O) groups is 1. The lowest BCUT2D eigenvalue weighted by molar-refractivity contribution is -0.137. The summed E-state index contributed by atoms with van der Waals surface area (Å²) in [5.74, 6) is -0.509. The number of anilines is 2. The molecule has 0 aliphatic carbocycles. The molecule has 2 heterocycles. The second kappa shape index (κ2) is 8.35. The number of ether oxygens (including phenoxy) is 1. The van der Waals surface area contributed by atoms with Crippen molar-refractivity contribution >= 4 is 27.3 Å². The van der Waals surface area contributed by atoms with Crippen LogP contribution in [-0.2, 0) is 16.2 Å². The summed E-state index contributed by atoms with van der Waals surface area (Å²) < 4.78 is 71.9. The summed E-state index contributed by atoms with van der Waals surface area (Å²) in [4.78, 5) is 20.3. The zero-order chi connectivity index (χ0) is 23.8. The van der Waals surface area contributed by atoms with Crippen LogP contribution in [-0.4, -0.2) is 37.4 Å². The molecule has 1 aliphatic heterocycles. The van der Waals surface area contributed by atoms with Gasteiger partial charge < -0.3 is 10.1 Å². The second-order valence-corrected chi connectivity index (χ2v) is 8.91. The zero-order valence-electron chi connectivity index (χ0n) is 17.1. The molecule has 33 heavy (non-hydrogen) atoms. The quantitative estimate of drug-likeness (QED) is 0.617. The van der Waals surface area contributed by atoms with E-state index in [9.17, 15) is 26.4 Å². The molecule has 1 aromatic heterocycles. The van der Waals surface area contributed by atoms with Crippen LogP contribution in [0.5, 0.6) is 5.75 Å². The summed E-state index contributed by atoms with van der Waals surface area (Å²) in [7, 11) is -4.20. The Morgan fingerprint density at radius 1 is 1.09 bits per heavy atom.